The van der Waals surface area contributed by atoms with Crippen molar-refractivity contribution in [1.29, 1.82) is 0 Å². The van der Waals surface area contributed by atoms with E-state index >= 15 is 0 Å². The van der Waals surface area contributed by atoms with Crippen LogP contribution in [0.3, 0.4) is 0 Å². The number of hydrogen-bond donors (Lipinski definition) is 3. The van der Waals surface area contributed by atoms with Crippen molar-refractivity contribution in [2.45, 2.75) is 6.92 Å². The molecule has 0 heterocycles. The minimum Gasteiger partial charge on any atom is -0.484 e. The van der Waals surface area contributed by atoms with Gasteiger partial charge in [-0.1, -0.05) is 35.9 Å². The molecule has 0 radical (unpaired) electrons. The van der Waals surface area contributed by atoms with Gasteiger partial charge in [0.25, 0.3) is 5.91 Å². The summed E-state index contributed by atoms with van der Waals surface area (Å²) >= 11 is 5.89. The van der Waals surface area contributed by atoms with Crippen LogP contribution in [0.15, 0.2) is 77.9 Å². The van der Waals surface area contributed by atoms with E-state index in [2.05, 4.69) is 21.2 Å². The normalized spacial score (nSPS) is 10.5. The fourth-order valence-corrected chi connectivity index (χ4v) is 2.86. The SMILES string of the molecule is Cc1ccccc1NC(=O)C(=O)N/N=C\c1ccc(OCC(=O)Nc2cccc(Cl)c2)cc1. The summed E-state index contributed by atoms with van der Waals surface area (Å²) in [6.07, 6.45) is 1.38. The van der Waals surface area contributed by atoms with Crippen LogP contribution in [0.1, 0.15) is 11.1 Å². The molecular formula is C24H21ClN4O4. The molecule has 9 heteroatoms. The van der Waals surface area contributed by atoms with Gasteiger partial charge in [0.2, 0.25) is 0 Å². The van der Waals surface area contributed by atoms with Gasteiger partial charge in [0.1, 0.15) is 5.75 Å². The Kier molecular flexibility index (Phi) is 8.15. The number of carbonyl (C=O) groups excluding carboxylic acids is 3. The van der Waals surface area contributed by atoms with Gasteiger partial charge in [-0.3, -0.25) is 14.4 Å². The van der Waals surface area contributed by atoms with Gasteiger partial charge in [0.15, 0.2) is 6.61 Å². The second-order valence-corrected chi connectivity index (χ2v) is 7.32. The number of anilines is 2. The Morgan fingerprint density at radius 3 is 2.42 bits per heavy atom. The third kappa shape index (κ3) is 7.48. The number of ether oxygens (including phenoxy) is 1. The maximum atomic E-state index is 12.0. The smallest absolute Gasteiger partial charge is 0.329 e. The highest BCUT2D eigenvalue weighted by Gasteiger charge is 2.13. The first-order valence-corrected chi connectivity index (χ1v) is 10.3. The van der Waals surface area contributed by atoms with Crippen molar-refractivity contribution in [1.82, 2.24) is 5.43 Å². The second-order valence-electron chi connectivity index (χ2n) is 6.88. The quantitative estimate of drug-likeness (QED) is 0.281. The number of halogens is 1. The standard InChI is InChI=1S/C24H21ClN4O4/c1-16-5-2-3-8-21(16)28-23(31)24(32)29-26-14-17-9-11-20(12-10-17)33-15-22(30)27-19-7-4-6-18(25)13-19/h2-14H,15H2,1H3,(H,27,30)(H,28,31)(H,29,32)/b26-14-. The third-order valence-corrected chi connectivity index (χ3v) is 4.57. The summed E-state index contributed by atoms with van der Waals surface area (Å²) in [6.45, 7) is 1.65. The summed E-state index contributed by atoms with van der Waals surface area (Å²) in [6, 6.07) is 20.6. The number of aryl methyl sites for hydroxylation is 1. The Labute approximate surface area is 195 Å². The van der Waals surface area contributed by atoms with Crippen LogP contribution >= 0.6 is 11.6 Å². The van der Waals surface area contributed by atoms with Crippen LogP contribution in [0.25, 0.3) is 0 Å². The molecule has 0 saturated heterocycles. The van der Waals surface area contributed by atoms with Crippen LogP contribution in [0.4, 0.5) is 11.4 Å². The summed E-state index contributed by atoms with van der Waals surface area (Å²) in [7, 11) is 0. The van der Waals surface area contributed by atoms with Crippen LogP contribution < -0.4 is 20.8 Å². The van der Waals surface area contributed by atoms with Crippen molar-refractivity contribution >= 4 is 46.9 Å². The van der Waals surface area contributed by atoms with Crippen LogP contribution in [0, 0.1) is 6.92 Å². The molecule has 0 bridgehead atoms. The number of nitrogens with zero attached hydrogens (tertiary/aromatic N) is 1. The molecule has 3 aromatic carbocycles. The zero-order valence-electron chi connectivity index (χ0n) is 17.7. The lowest BCUT2D eigenvalue weighted by atomic mass is 10.2. The largest absolute Gasteiger partial charge is 0.484 e. The molecule has 3 aromatic rings. The molecule has 0 aliphatic carbocycles. The molecule has 8 nitrogen and oxygen atoms in total. The van der Waals surface area contributed by atoms with Gasteiger partial charge in [0, 0.05) is 16.4 Å². The molecule has 0 fully saturated rings. The molecule has 3 rings (SSSR count). The highest BCUT2D eigenvalue weighted by atomic mass is 35.5. The Morgan fingerprint density at radius 2 is 1.70 bits per heavy atom. The Bertz CT molecular complexity index is 1180. The van der Waals surface area contributed by atoms with E-state index in [-0.39, 0.29) is 12.5 Å². The topological polar surface area (TPSA) is 109 Å². The fraction of sp³-hybridized carbons (Fsp3) is 0.0833. The van der Waals surface area contributed by atoms with Crippen molar-refractivity contribution in [3.63, 3.8) is 0 Å². The molecule has 3 N–H and O–H groups in total. The lowest BCUT2D eigenvalue weighted by Gasteiger charge is -2.08. The predicted octanol–water partition coefficient (Wildman–Crippen LogP) is 3.75. The molecule has 0 spiro atoms. The van der Waals surface area contributed by atoms with Gasteiger partial charge >= 0.3 is 11.8 Å². The number of hydrazone groups is 1. The number of rotatable bonds is 7. The van der Waals surface area contributed by atoms with Crippen LogP contribution in [-0.4, -0.2) is 30.5 Å². The molecule has 3 amide bonds. The Hall–Kier alpha value is -4.17. The average Bonchev–Trinajstić information content (AvgIpc) is 2.80. The Morgan fingerprint density at radius 1 is 0.939 bits per heavy atom. The first-order chi connectivity index (χ1) is 15.9. The minimum absolute atomic E-state index is 0.175. The number of carbonyl (C=O) groups is 3. The van der Waals surface area contributed by atoms with Gasteiger partial charge in [-0.05, 0) is 66.6 Å². The van der Waals surface area contributed by atoms with Crippen molar-refractivity contribution in [3.8, 4) is 5.75 Å². The second kappa shape index (κ2) is 11.4. The van der Waals surface area contributed by atoms with Crippen LogP contribution in [0.2, 0.25) is 5.02 Å². The van der Waals surface area contributed by atoms with E-state index < -0.39 is 11.8 Å². The van der Waals surface area contributed by atoms with Gasteiger partial charge in [0.05, 0.1) is 6.21 Å². The highest BCUT2D eigenvalue weighted by molar-refractivity contribution is 6.39. The van der Waals surface area contributed by atoms with Gasteiger partial charge < -0.3 is 15.4 Å². The number of nitrogens with one attached hydrogen (secondary N) is 3. The average molecular weight is 465 g/mol. The molecule has 0 aliphatic heterocycles. The number of amides is 3. The zero-order valence-corrected chi connectivity index (χ0v) is 18.4. The first kappa shape index (κ1) is 23.5. The molecule has 0 saturated carbocycles. The van der Waals surface area contributed by atoms with E-state index in [0.717, 1.165) is 5.56 Å². The van der Waals surface area contributed by atoms with Crippen molar-refractivity contribution < 1.29 is 19.1 Å². The monoisotopic (exact) mass is 464 g/mol. The zero-order chi connectivity index (χ0) is 23.6. The highest BCUT2D eigenvalue weighted by Crippen LogP contribution is 2.16. The summed E-state index contributed by atoms with van der Waals surface area (Å²) in [5.74, 6) is -1.55. The first-order valence-electron chi connectivity index (χ1n) is 9.89. The third-order valence-electron chi connectivity index (χ3n) is 4.34. The van der Waals surface area contributed by atoms with Gasteiger partial charge in [-0.2, -0.15) is 5.10 Å². The summed E-state index contributed by atoms with van der Waals surface area (Å²) in [5, 5.41) is 9.52. The van der Waals surface area contributed by atoms with Crippen LogP contribution in [0.5, 0.6) is 5.75 Å². The predicted molar refractivity (Wildman–Crippen MR) is 128 cm³/mol. The van der Waals surface area contributed by atoms with E-state index in [1.807, 2.05) is 19.1 Å². The minimum atomic E-state index is -0.889. The molecule has 0 atom stereocenters. The number of para-hydroxylation sites is 1. The molecule has 0 aliphatic rings. The summed E-state index contributed by atoms with van der Waals surface area (Å²) < 4.78 is 5.45. The maximum absolute atomic E-state index is 12.0. The van der Waals surface area contributed by atoms with Crippen LogP contribution in [-0.2, 0) is 14.4 Å². The molecule has 168 valence electrons. The van der Waals surface area contributed by atoms with E-state index in [1.165, 1.54) is 6.21 Å². The van der Waals surface area contributed by atoms with E-state index in [9.17, 15) is 14.4 Å². The maximum Gasteiger partial charge on any atom is 0.329 e. The number of benzene rings is 3. The van der Waals surface area contributed by atoms with Crippen molar-refractivity contribution in [2.24, 2.45) is 5.10 Å². The van der Waals surface area contributed by atoms with Crippen molar-refractivity contribution in [2.75, 3.05) is 17.2 Å². The lowest BCUT2D eigenvalue weighted by Crippen LogP contribution is -2.32. The van der Waals surface area contributed by atoms with Gasteiger partial charge in [-0.25, -0.2) is 5.43 Å². The van der Waals surface area contributed by atoms with E-state index in [4.69, 9.17) is 16.3 Å². The molecule has 0 aromatic heterocycles. The van der Waals surface area contributed by atoms with Crippen molar-refractivity contribution in [3.05, 3.63) is 88.9 Å². The molecule has 0 unspecified atom stereocenters. The Balaban J connectivity index is 1.44. The molecule has 33 heavy (non-hydrogen) atoms. The molecular weight excluding hydrogens is 444 g/mol. The van der Waals surface area contributed by atoms with E-state index in [0.29, 0.717) is 27.7 Å². The lowest BCUT2D eigenvalue weighted by molar-refractivity contribution is -0.136. The summed E-state index contributed by atoms with van der Waals surface area (Å²) in [4.78, 5) is 35.8. The summed E-state index contributed by atoms with van der Waals surface area (Å²) in [5.41, 5.74) is 4.81. The van der Waals surface area contributed by atoms with Gasteiger partial charge in [-0.15, -0.1) is 0 Å². The fourth-order valence-electron chi connectivity index (χ4n) is 2.67. The van der Waals surface area contributed by atoms with E-state index in [1.54, 1.807) is 60.7 Å². The number of hydrogen-bond acceptors (Lipinski definition) is 5.